The maximum atomic E-state index is 11.7. The first-order valence-corrected chi connectivity index (χ1v) is 6.28. The quantitative estimate of drug-likeness (QED) is 0.754. The molecule has 1 aromatic rings. The highest BCUT2D eigenvalue weighted by Crippen LogP contribution is 2.28. The van der Waals surface area contributed by atoms with E-state index < -0.39 is 0 Å². The number of carbonyl (C=O) groups excluding carboxylic acids is 1. The van der Waals surface area contributed by atoms with Gasteiger partial charge in [-0.25, -0.2) is 0 Å². The molecule has 0 aliphatic carbocycles. The lowest BCUT2D eigenvalue weighted by Crippen LogP contribution is -2.26. The molecule has 0 aliphatic rings. The summed E-state index contributed by atoms with van der Waals surface area (Å²) >= 11 is 0. The van der Waals surface area contributed by atoms with Gasteiger partial charge in [0.15, 0.2) is 0 Å². The summed E-state index contributed by atoms with van der Waals surface area (Å²) in [5.41, 5.74) is 6.44. The van der Waals surface area contributed by atoms with Crippen molar-refractivity contribution < 1.29 is 9.53 Å². The van der Waals surface area contributed by atoms with Crippen molar-refractivity contribution in [1.29, 1.82) is 0 Å². The first-order valence-electron chi connectivity index (χ1n) is 6.28. The van der Waals surface area contributed by atoms with Crippen molar-refractivity contribution >= 4 is 18.3 Å². The third-order valence-corrected chi connectivity index (χ3v) is 2.86. The van der Waals surface area contributed by atoms with E-state index >= 15 is 0 Å². The summed E-state index contributed by atoms with van der Waals surface area (Å²) in [5.74, 6) is 1.03. The van der Waals surface area contributed by atoms with Crippen molar-refractivity contribution in [1.82, 2.24) is 5.32 Å². The second-order valence-electron chi connectivity index (χ2n) is 4.34. The summed E-state index contributed by atoms with van der Waals surface area (Å²) in [7, 11) is 1.65. The van der Waals surface area contributed by atoms with Crippen LogP contribution in [0.4, 0.5) is 0 Å². The van der Waals surface area contributed by atoms with Gasteiger partial charge in [0, 0.05) is 13.0 Å². The van der Waals surface area contributed by atoms with Gasteiger partial charge in [-0.15, -0.1) is 12.4 Å². The molecule has 0 aromatic heterocycles. The third-order valence-electron chi connectivity index (χ3n) is 2.86. The van der Waals surface area contributed by atoms with Crippen molar-refractivity contribution in [3.8, 4) is 5.75 Å². The topological polar surface area (TPSA) is 64.3 Å². The van der Waals surface area contributed by atoms with Gasteiger partial charge in [-0.3, -0.25) is 4.79 Å². The van der Waals surface area contributed by atoms with Crippen molar-refractivity contribution in [2.75, 3.05) is 20.2 Å². The zero-order valence-corrected chi connectivity index (χ0v) is 12.3. The lowest BCUT2D eigenvalue weighted by Gasteiger charge is -2.15. The molecule has 1 atom stereocenters. The maximum Gasteiger partial charge on any atom is 0.220 e. The number of nitrogens with one attached hydrogen (secondary N) is 1. The van der Waals surface area contributed by atoms with E-state index in [1.165, 1.54) is 0 Å². The SMILES string of the molecule is COc1ccccc1C(C)CC(=O)NCCCN.Cl. The van der Waals surface area contributed by atoms with Crippen LogP contribution in [0.3, 0.4) is 0 Å². The number of hydrogen-bond donors (Lipinski definition) is 2. The molecule has 4 nitrogen and oxygen atoms in total. The van der Waals surface area contributed by atoms with Crippen LogP contribution < -0.4 is 15.8 Å². The van der Waals surface area contributed by atoms with Crippen LogP contribution in [0.15, 0.2) is 24.3 Å². The Morgan fingerprint density at radius 1 is 1.42 bits per heavy atom. The molecule has 0 fully saturated rings. The Labute approximate surface area is 121 Å². The molecule has 19 heavy (non-hydrogen) atoms. The van der Waals surface area contributed by atoms with Crippen molar-refractivity contribution in [3.63, 3.8) is 0 Å². The van der Waals surface area contributed by atoms with E-state index in [0.717, 1.165) is 17.7 Å². The molecule has 0 bridgehead atoms. The molecule has 5 heteroatoms. The molecule has 1 amide bonds. The van der Waals surface area contributed by atoms with Gasteiger partial charge < -0.3 is 15.8 Å². The molecule has 0 heterocycles. The fraction of sp³-hybridized carbons (Fsp3) is 0.500. The predicted octanol–water partition coefficient (Wildman–Crippen LogP) is 2.08. The molecule has 0 saturated carbocycles. The van der Waals surface area contributed by atoms with Gasteiger partial charge in [-0.05, 0) is 30.5 Å². The smallest absolute Gasteiger partial charge is 0.220 e. The number of carbonyl (C=O) groups is 1. The maximum absolute atomic E-state index is 11.7. The van der Waals surface area contributed by atoms with Gasteiger partial charge in [0.2, 0.25) is 5.91 Å². The number of benzene rings is 1. The van der Waals surface area contributed by atoms with E-state index in [1.54, 1.807) is 7.11 Å². The summed E-state index contributed by atoms with van der Waals surface area (Å²) in [5, 5.41) is 2.86. The highest BCUT2D eigenvalue weighted by Gasteiger charge is 2.14. The first kappa shape index (κ1) is 17.7. The normalized spacial score (nSPS) is 11.3. The molecule has 3 N–H and O–H groups in total. The fourth-order valence-corrected chi connectivity index (χ4v) is 1.86. The van der Waals surface area contributed by atoms with E-state index in [9.17, 15) is 4.79 Å². The highest BCUT2D eigenvalue weighted by molar-refractivity contribution is 5.85. The van der Waals surface area contributed by atoms with Crippen molar-refractivity contribution in [2.45, 2.75) is 25.7 Å². The van der Waals surface area contributed by atoms with Crippen LogP contribution >= 0.6 is 12.4 Å². The fourth-order valence-electron chi connectivity index (χ4n) is 1.86. The van der Waals surface area contributed by atoms with Gasteiger partial charge >= 0.3 is 0 Å². The summed E-state index contributed by atoms with van der Waals surface area (Å²) in [6, 6.07) is 7.80. The summed E-state index contributed by atoms with van der Waals surface area (Å²) in [6.45, 7) is 3.27. The molecule has 1 rings (SSSR count). The van der Waals surface area contributed by atoms with Crippen LogP contribution in [-0.2, 0) is 4.79 Å². The number of hydrogen-bond acceptors (Lipinski definition) is 3. The second kappa shape index (κ2) is 9.64. The van der Waals surface area contributed by atoms with E-state index in [2.05, 4.69) is 5.32 Å². The zero-order valence-electron chi connectivity index (χ0n) is 11.5. The van der Waals surface area contributed by atoms with E-state index in [0.29, 0.717) is 19.5 Å². The molecular formula is C14H23ClN2O2. The minimum atomic E-state index is 0. The molecule has 108 valence electrons. The number of methoxy groups -OCH3 is 1. The van der Waals surface area contributed by atoms with Crippen LogP contribution in [0.2, 0.25) is 0 Å². The van der Waals surface area contributed by atoms with Crippen LogP contribution in [0.5, 0.6) is 5.75 Å². The standard InChI is InChI=1S/C14H22N2O2.ClH/c1-11(10-14(17)16-9-5-8-15)12-6-3-4-7-13(12)18-2;/h3-4,6-7,11H,5,8-10,15H2,1-2H3,(H,16,17);1H. The number of rotatable bonds is 7. The molecular weight excluding hydrogens is 264 g/mol. The number of halogens is 1. The Morgan fingerprint density at radius 2 is 2.11 bits per heavy atom. The minimum Gasteiger partial charge on any atom is -0.496 e. The third kappa shape index (κ3) is 5.94. The largest absolute Gasteiger partial charge is 0.496 e. The van der Waals surface area contributed by atoms with Gasteiger partial charge in [0.05, 0.1) is 7.11 Å². The summed E-state index contributed by atoms with van der Waals surface area (Å²) in [6.07, 6.45) is 1.28. The van der Waals surface area contributed by atoms with Crippen LogP contribution in [0.25, 0.3) is 0 Å². The average Bonchev–Trinajstić information content (AvgIpc) is 2.39. The van der Waals surface area contributed by atoms with Crippen LogP contribution in [-0.4, -0.2) is 26.1 Å². The summed E-state index contributed by atoms with van der Waals surface area (Å²) in [4.78, 5) is 11.7. The lowest BCUT2D eigenvalue weighted by molar-refractivity contribution is -0.121. The minimum absolute atomic E-state index is 0. The Morgan fingerprint density at radius 3 is 2.74 bits per heavy atom. The van der Waals surface area contributed by atoms with Crippen molar-refractivity contribution in [3.05, 3.63) is 29.8 Å². The second-order valence-corrected chi connectivity index (χ2v) is 4.34. The van der Waals surface area contributed by atoms with Gasteiger partial charge in [-0.1, -0.05) is 25.1 Å². The summed E-state index contributed by atoms with van der Waals surface area (Å²) < 4.78 is 5.30. The van der Waals surface area contributed by atoms with Gasteiger partial charge in [0.25, 0.3) is 0 Å². The molecule has 0 spiro atoms. The molecule has 0 aliphatic heterocycles. The van der Waals surface area contributed by atoms with E-state index in [1.807, 2.05) is 31.2 Å². The van der Waals surface area contributed by atoms with E-state index in [4.69, 9.17) is 10.5 Å². The average molecular weight is 287 g/mol. The monoisotopic (exact) mass is 286 g/mol. The molecule has 1 aromatic carbocycles. The number of nitrogens with two attached hydrogens (primary N) is 1. The van der Waals surface area contributed by atoms with Gasteiger partial charge in [-0.2, -0.15) is 0 Å². The lowest BCUT2D eigenvalue weighted by atomic mass is 9.96. The first-order chi connectivity index (χ1) is 8.69. The Hall–Kier alpha value is -1.26. The Bertz CT molecular complexity index is 385. The van der Waals surface area contributed by atoms with Crippen molar-refractivity contribution in [2.24, 2.45) is 5.73 Å². The molecule has 0 radical (unpaired) electrons. The van der Waals surface area contributed by atoms with Gasteiger partial charge in [0.1, 0.15) is 5.75 Å². The van der Waals surface area contributed by atoms with Crippen LogP contribution in [0, 0.1) is 0 Å². The Balaban J connectivity index is 0.00000324. The zero-order chi connectivity index (χ0) is 13.4. The highest BCUT2D eigenvalue weighted by atomic mass is 35.5. The van der Waals surface area contributed by atoms with E-state index in [-0.39, 0.29) is 24.2 Å². The van der Waals surface area contributed by atoms with Crippen LogP contribution in [0.1, 0.15) is 31.2 Å². The number of para-hydroxylation sites is 1. The number of ether oxygens (including phenoxy) is 1. The Kier molecular flexibility index (Phi) is 9.00. The molecule has 0 saturated heterocycles. The predicted molar refractivity (Wildman–Crippen MR) is 80.0 cm³/mol. The molecule has 1 unspecified atom stereocenters. The number of amides is 1.